The molecule has 2 rings (SSSR count). The van der Waals surface area contributed by atoms with Crippen molar-refractivity contribution in [3.63, 3.8) is 0 Å². The largest absolute Gasteiger partial charge is 0.368 e. The molecule has 1 aromatic heterocycles. The molecule has 0 fully saturated rings. The Morgan fingerprint density at radius 2 is 1.83 bits per heavy atom. The lowest BCUT2D eigenvalue weighted by atomic mass is 10.3. The molecule has 96 valence electrons. The second-order valence-electron chi connectivity index (χ2n) is 3.83. The summed E-state index contributed by atoms with van der Waals surface area (Å²) >= 11 is 5.85. The van der Waals surface area contributed by atoms with Gasteiger partial charge in [-0.1, -0.05) is 11.6 Å². The van der Waals surface area contributed by atoms with Crippen LogP contribution in [0.1, 0.15) is 13.8 Å². The Morgan fingerprint density at radius 1 is 1.22 bits per heavy atom. The average molecular weight is 266 g/mol. The molecule has 0 spiro atoms. The third-order valence-corrected chi connectivity index (χ3v) is 2.99. The fourth-order valence-corrected chi connectivity index (χ4v) is 1.85. The van der Waals surface area contributed by atoms with Crippen LogP contribution < -0.4 is 10.6 Å². The third kappa shape index (κ3) is 2.41. The molecule has 6 heteroatoms. The van der Waals surface area contributed by atoms with E-state index in [2.05, 4.69) is 23.9 Å². The lowest BCUT2D eigenvalue weighted by molar-refractivity contribution is 0.802. The third-order valence-electron chi connectivity index (χ3n) is 2.74. The van der Waals surface area contributed by atoms with Crippen LogP contribution in [0.15, 0.2) is 24.3 Å². The second kappa shape index (κ2) is 5.27. The number of halogens is 1. The van der Waals surface area contributed by atoms with Gasteiger partial charge in [0.2, 0.25) is 11.9 Å². The predicted molar refractivity (Wildman–Crippen MR) is 74.3 cm³/mol. The summed E-state index contributed by atoms with van der Waals surface area (Å²) in [6, 6.07) is 7.32. The minimum atomic E-state index is 0.374. The predicted octanol–water partition coefficient (Wildman–Crippen LogP) is 2.35. The van der Waals surface area contributed by atoms with E-state index < -0.39 is 0 Å². The molecule has 1 aromatic carbocycles. The van der Waals surface area contributed by atoms with Crippen LogP contribution in [-0.4, -0.2) is 27.9 Å². The van der Waals surface area contributed by atoms with Gasteiger partial charge >= 0.3 is 0 Å². The van der Waals surface area contributed by atoms with E-state index in [0.717, 1.165) is 18.8 Å². The number of hydrogen-bond acceptors (Lipinski definition) is 4. The molecule has 0 aliphatic carbocycles. The molecule has 0 aliphatic heterocycles. The molecule has 0 aliphatic rings. The van der Waals surface area contributed by atoms with Crippen LogP contribution in [0.5, 0.6) is 0 Å². The summed E-state index contributed by atoms with van der Waals surface area (Å²) in [6.45, 7) is 5.81. The summed E-state index contributed by atoms with van der Waals surface area (Å²) in [5, 5.41) is 5.10. The average Bonchev–Trinajstić information content (AvgIpc) is 2.74. The Balaban J connectivity index is 2.37. The van der Waals surface area contributed by atoms with Crippen molar-refractivity contribution in [1.82, 2.24) is 14.8 Å². The molecule has 18 heavy (non-hydrogen) atoms. The van der Waals surface area contributed by atoms with Gasteiger partial charge in [-0.05, 0) is 38.1 Å². The Morgan fingerprint density at radius 3 is 2.39 bits per heavy atom. The zero-order valence-corrected chi connectivity index (χ0v) is 11.2. The summed E-state index contributed by atoms with van der Waals surface area (Å²) in [5.74, 6) is 1.02. The van der Waals surface area contributed by atoms with Gasteiger partial charge in [0, 0.05) is 18.1 Å². The van der Waals surface area contributed by atoms with Gasteiger partial charge in [0.25, 0.3) is 0 Å². The molecule has 2 N–H and O–H groups in total. The summed E-state index contributed by atoms with van der Waals surface area (Å²) in [4.78, 5) is 6.32. The number of aromatic nitrogens is 3. The van der Waals surface area contributed by atoms with Crippen LogP contribution >= 0.6 is 11.6 Å². The standard InChI is InChI=1S/C12H16ClN5/c1-3-17(4-2)12-15-11(14)18(16-12)10-7-5-9(13)6-8-10/h5-8H,3-4H2,1-2H3,(H2,14,15,16). The number of anilines is 2. The zero-order valence-electron chi connectivity index (χ0n) is 10.5. The van der Waals surface area contributed by atoms with E-state index in [1.54, 1.807) is 16.8 Å². The highest BCUT2D eigenvalue weighted by Gasteiger charge is 2.12. The second-order valence-corrected chi connectivity index (χ2v) is 4.27. The quantitative estimate of drug-likeness (QED) is 0.922. The van der Waals surface area contributed by atoms with Crippen molar-refractivity contribution in [3.05, 3.63) is 29.3 Å². The van der Waals surface area contributed by atoms with E-state index in [4.69, 9.17) is 17.3 Å². The van der Waals surface area contributed by atoms with Crippen LogP contribution in [0.3, 0.4) is 0 Å². The normalized spacial score (nSPS) is 10.6. The Kier molecular flexibility index (Phi) is 3.72. The molecular formula is C12H16ClN5. The van der Waals surface area contributed by atoms with Crippen LogP contribution in [0.4, 0.5) is 11.9 Å². The Hall–Kier alpha value is -1.75. The summed E-state index contributed by atoms with van der Waals surface area (Å²) in [7, 11) is 0. The molecule has 0 amide bonds. The van der Waals surface area contributed by atoms with Gasteiger partial charge in [0.15, 0.2) is 0 Å². The maximum absolute atomic E-state index is 5.89. The van der Waals surface area contributed by atoms with Crippen molar-refractivity contribution in [1.29, 1.82) is 0 Å². The first-order valence-corrected chi connectivity index (χ1v) is 6.27. The van der Waals surface area contributed by atoms with E-state index in [0.29, 0.717) is 16.9 Å². The molecule has 0 bridgehead atoms. The summed E-state index contributed by atoms with van der Waals surface area (Å²) in [5.41, 5.74) is 6.74. The molecule has 0 radical (unpaired) electrons. The number of rotatable bonds is 4. The highest BCUT2D eigenvalue weighted by atomic mass is 35.5. The van der Waals surface area contributed by atoms with Crippen molar-refractivity contribution < 1.29 is 0 Å². The van der Waals surface area contributed by atoms with Gasteiger partial charge in [-0.3, -0.25) is 0 Å². The molecule has 0 atom stereocenters. The lowest BCUT2D eigenvalue weighted by Crippen LogP contribution is -2.23. The smallest absolute Gasteiger partial charge is 0.246 e. The highest BCUT2D eigenvalue weighted by Crippen LogP contribution is 2.18. The fraction of sp³-hybridized carbons (Fsp3) is 0.333. The zero-order chi connectivity index (χ0) is 13.1. The number of nitrogens with two attached hydrogens (primary N) is 1. The molecule has 0 unspecified atom stereocenters. The fourth-order valence-electron chi connectivity index (χ4n) is 1.73. The molecule has 0 saturated heterocycles. The van der Waals surface area contributed by atoms with Crippen LogP contribution in [0.25, 0.3) is 5.69 Å². The maximum Gasteiger partial charge on any atom is 0.246 e. The van der Waals surface area contributed by atoms with E-state index in [1.807, 2.05) is 17.0 Å². The number of nitrogen functional groups attached to an aromatic ring is 1. The van der Waals surface area contributed by atoms with E-state index >= 15 is 0 Å². The first kappa shape index (κ1) is 12.7. The van der Waals surface area contributed by atoms with E-state index in [1.165, 1.54) is 0 Å². The van der Waals surface area contributed by atoms with Crippen LogP contribution in [0.2, 0.25) is 5.02 Å². The van der Waals surface area contributed by atoms with Gasteiger partial charge in [0.05, 0.1) is 5.69 Å². The Labute approximate surface area is 111 Å². The van der Waals surface area contributed by atoms with Crippen molar-refractivity contribution in [2.75, 3.05) is 23.7 Å². The summed E-state index contributed by atoms with van der Waals surface area (Å²) < 4.78 is 1.62. The number of nitrogens with zero attached hydrogens (tertiary/aromatic N) is 4. The SMILES string of the molecule is CCN(CC)c1nc(N)n(-c2ccc(Cl)cc2)n1. The lowest BCUT2D eigenvalue weighted by Gasteiger charge is -2.15. The Bertz CT molecular complexity index is 516. The minimum absolute atomic E-state index is 0.374. The number of benzene rings is 1. The molecule has 1 heterocycles. The van der Waals surface area contributed by atoms with E-state index in [-0.39, 0.29) is 0 Å². The van der Waals surface area contributed by atoms with Gasteiger partial charge in [0.1, 0.15) is 0 Å². The van der Waals surface area contributed by atoms with Gasteiger partial charge < -0.3 is 10.6 Å². The topological polar surface area (TPSA) is 60.0 Å². The van der Waals surface area contributed by atoms with E-state index in [9.17, 15) is 0 Å². The monoisotopic (exact) mass is 265 g/mol. The van der Waals surface area contributed by atoms with Gasteiger partial charge in [-0.2, -0.15) is 9.67 Å². The van der Waals surface area contributed by atoms with Crippen molar-refractivity contribution >= 4 is 23.5 Å². The van der Waals surface area contributed by atoms with Crippen molar-refractivity contribution in [3.8, 4) is 5.69 Å². The number of hydrogen-bond donors (Lipinski definition) is 1. The molecule has 0 saturated carbocycles. The minimum Gasteiger partial charge on any atom is -0.368 e. The van der Waals surface area contributed by atoms with Crippen molar-refractivity contribution in [2.24, 2.45) is 0 Å². The molecule has 5 nitrogen and oxygen atoms in total. The molecule has 2 aromatic rings. The first-order chi connectivity index (χ1) is 8.65. The van der Waals surface area contributed by atoms with Crippen LogP contribution in [0, 0.1) is 0 Å². The molecular weight excluding hydrogens is 250 g/mol. The van der Waals surface area contributed by atoms with Crippen LogP contribution in [-0.2, 0) is 0 Å². The van der Waals surface area contributed by atoms with Gasteiger partial charge in [-0.25, -0.2) is 0 Å². The maximum atomic E-state index is 5.89. The first-order valence-electron chi connectivity index (χ1n) is 5.89. The highest BCUT2D eigenvalue weighted by molar-refractivity contribution is 6.30. The van der Waals surface area contributed by atoms with Gasteiger partial charge in [-0.15, -0.1) is 5.10 Å². The summed E-state index contributed by atoms with van der Waals surface area (Å²) in [6.07, 6.45) is 0. The van der Waals surface area contributed by atoms with Crippen molar-refractivity contribution in [2.45, 2.75) is 13.8 Å².